The molecule has 5 nitrogen and oxygen atoms in total. The lowest BCUT2D eigenvalue weighted by Gasteiger charge is -2.21. The number of benzene rings is 1. The average Bonchev–Trinajstić information content (AvgIpc) is 2.84. The molecule has 0 spiro atoms. The second-order valence-electron chi connectivity index (χ2n) is 5.42. The van der Waals surface area contributed by atoms with Gasteiger partial charge in [-0.25, -0.2) is 8.42 Å². The zero-order valence-corrected chi connectivity index (χ0v) is 13.9. The van der Waals surface area contributed by atoms with E-state index < -0.39 is 10.0 Å². The van der Waals surface area contributed by atoms with Crippen molar-refractivity contribution in [3.05, 3.63) is 36.2 Å². The molecule has 23 heavy (non-hydrogen) atoms. The van der Waals surface area contributed by atoms with Crippen LogP contribution in [-0.4, -0.2) is 43.9 Å². The van der Waals surface area contributed by atoms with Crippen LogP contribution in [0.4, 0.5) is 0 Å². The Hall–Kier alpha value is -1.94. The molecule has 6 heteroatoms. The van der Waals surface area contributed by atoms with Crippen molar-refractivity contribution in [3.8, 4) is 11.8 Å². The molecule has 0 atom stereocenters. The lowest BCUT2D eigenvalue weighted by Crippen LogP contribution is -2.34. The van der Waals surface area contributed by atoms with Crippen molar-refractivity contribution in [1.29, 1.82) is 0 Å². The van der Waals surface area contributed by atoms with Crippen LogP contribution in [0.15, 0.2) is 35.5 Å². The minimum absolute atomic E-state index is 0.317. The van der Waals surface area contributed by atoms with Gasteiger partial charge in [0, 0.05) is 42.8 Å². The van der Waals surface area contributed by atoms with E-state index in [0.29, 0.717) is 35.5 Å². The van der Waals surface area contributed by atoms with E-state index in [2.05, 4.69) is 22.1 Å². The first kappa shape index (κ1) is 15.9. The number of rotatable bonds is 2. The molecule has 1 aromatic heterocycles. The summed E-state index contributed by atoms with van der Waals surface area (Å²) in [7, 11) is -3.56. The van der Waals surface area contributed by atoms with Crippen molar-refractivity contribution < 1.29 is 8.42 Å². The maximum atomic E-state index is 13.1. The molecule has 2 heterocycles. The summed E-state index contributed by atoms with van der Waals surface area (Å²) in [5.41, 5.74) is 0.650. The van der Waals surface area contributed by atoms with Crippen LogP contribution in [0.1, 0.15) is 18.9 Å². The van der Waals surface area contributed by atoms with Gasteiger partial charge in [0.1, 0.15) is 0 Å². The predicted molar refractivity (Wildman–Crippen MR) is 90.5 cm³/mol. The highest BCUT2D eigenvalue weighted by molar-refractivity contribution is 7.89. The van der Waals surface area contributed by atoms with E-state index in [-0.39, 0.29) is 0 Å². The van der Waals surface area contributed by atoms with Gasteiger partial charge in [-0.2, -0.15) is 4.31 Å². The fourth-order valence-electron chi connectivity index (χ4n) is 2.85. The normalized spacial score (nSPS) is 16.6. The van der Waals surface area contributed by atoms with Gasteiger partial charge in [0.25, 0.3) is 0 Å². The topological polar surface area (TPSA) is 62.3 Å². The van der Waals surface area contributed by atoms with Crippen LogP contribution in [0.2, 0.25) is 0 Å². The quantitative estimate of drug-likeness (QED) is 0.850. The number of hydrogen-bond acceptors (Lipinski definition) is 4. The third kappa shape index (κ3) is 3.08. The van der Waals surface area contributed by atoms with Gasteiger partial charge in [0.2, 0.25) is 10.0 Å². The monoisotopic (exact) mass is 329 g/mol. The molecular formula is C17H19N3O2S. The molecule has 0 radical (unpaired) electrons. The standard InChI is InChI=1S/C17H19N3O2S/c1-2-5-14-12-19-13-15-6-3-7-16(17(14)15)23(21,22)20-10-4-8-18-9-11-20/h3,6-7,12-13,18H,4,8-11H2,1H3. The molecule has 1 N–H and O–H groups in total. The van der Waals surface area contributed by atoms with E-state index in [1.807, 2.05) is 6.07 Å². The van der Waals surface area contributed by atoms with E-state index in [4.69, 9.17) is 0 Å². The van der Waals surface area contributed by atoms with E-state index in [1.165, 1.54) is 0 Å². The molecule has 1 aliphatic rings. The molecule has 120 valence electrons. The van der Waals surface area contributed by atoms with Crippen LogP contribution in [0.5, 0.6) is 0 Å². The van der Waals surface area contributed by atoms with Crippen molar-refractivity contribution in [2.24, 2.45) is 0 Å². The number of nitrogens with zero attached hydrogens (tertiary/aromatic N) is 2. The number of pyridine rings is 1. The zero-order valence-electron chi connectivity index (χ0n) is 13.0. The van der Waals surface area contributed by atoms with Gasteiger partial charge in [-0.05, 0) is 26.0 Å². The molecule has 1 saturated heterocycles. The van der Waals surface area contributed by atoms with Gasteiger partial charge >= 0.3 is 0 Å². The van der Waals surface area contributed by atoms with E-state index in [1.54, 1.807) is 35.8 Å². The van der Waals surface area contributed by atoms with E-state index in [0.717, 1.165) is 18.4 Å². The summed E-state index contributed by atoms with van der Waals surface area (Å²) in [6, 6.07) is 5.29. The minimum Gasteiger partial charge on any atom is -0.315 e. The third-order valence-corrected chi connectivity index (χ3v) is 5.86. The Morgan fingerprint density at radius 1 is 1.22 bits per heavy atom. The number of sulfonamides is 1. The van der Waals surface area contributed by atoms with Crippen LogP contribution >= 0.6 is 0 Å². The Balaban J connectivity index is 2.20. The predicted octanol–water partition coefficient (Wildman–Crippen LogP) is 1.59. The molecule has 0 unspecified atom stereocenters. The molecule has 3 rings (SSSR count). The minimum atomic E-state index is -3.56. The van der Waals surface area contributed by atoms with Crippen LogP contribution in [0.3, 0.4) is 0 Å². The second kappa shape index (κ2) is 6.67. The average molecular weight is 329 g/mol. The molecule has 1 aliphatic heterocycles. The van der Waals surface area contributed by atoms with Crippen LogP contribution in [-0.2, 0) is 10.0 Å². The van der Waals surface area contributed by atoms with Crippen molar-refractivity contribution in [3.63, 3.8) is 0 Å². The maximum absolute atomic E-state index is 13.1. The number of nitrogens with one attached hydrogen (secondary N) is 1. The van der Waals surface area contributed by atoms with Crippen LogP contribution < -0.4 is 5.32 Å². The third-order valence-electron chi connectivity index (χ3n) is 3.92. The number of hydrogen-bond donors (Lipinski definition) is 1. The molecule has 0 saturated carbocycles. The molecule has 1 aromatic carbocycles. The van der Waals surface area contributed by atoms with Crippen molar-refractivity contribution in [2.45, 2.75) is 18.2 Å². The van der Waals surface area contributed by atoms with Gasteiger partial charge in [-0.3, -0.25) is 4.98 Å². The highest BCUT2D eigenvalue weighted by atomic mass is 32.2. The van der Waals surface area contributed by atoms with Crippen LogP contribution in [0.25, 0.3) is 10.8 Å². The first-order valence-electron chi connectivity index (χ1n) is 7.65. The van der Waals surface area contributed by atoms with Crippen LogP contribution in [0, 0.1) is 11.8 Å². The molecule has 0 aliphatic carbocycles. The maximum Gasteiger partial charge on any atom is 0.243 e. The SMILES string of the molecule is CC#Cc1cncc2cccc(S(=O)(=O)N3CCCNCC3)c12. The van der Waals surface area contributed by atoms with Gasteiger partial charge in [0.05, 0.1) is 10.5 Å². The number of fused-ring (bicyclic) bond motifs is 1. The number of aromatic nitrogens is 1. The van der Waals surface area contributed by atoms with Gasteiger partial charge in [-0.1, -0.05) is 18.1 Å². The smallest absolute Gasteiger partial charge is 0.243 e. The molecule has 0 amide bonds. The summed E-state index contributed by atoms with van der Waals surface area (Å²) in [6.45, 7) is 4.27. The highest BCUT2D eigenvalue weighted by Crippen LogP contribution is 2.28. The largest absolute Gasteiger partial charge is 0.315 e. The zero-order chi connectivity index (χ0) is 16.3. The first-order valence-corrected chi connectivity index (χ1v) is 9.09. The van der Waals surface area contributed by atoms with Crippen molar-refractivity contribution in [2.75, 3.05) is 26.2 Å². The Morgan fingerprint density at radius 2 is 2.09 bits per heavy atom. The van der Waals surface area contributed by atoms with E-state index >= 15 is 0 Å². The van der Waals surface area contributed by atoms with Crippen molar-refractivity contribution >= 4 is 20.8 Å². The molecule has 2 aromatic rings. The van der Waals surface area contributed by atoms with Gasteiger partial charge in [-0.15, -0.1) is 5.92 Å². The summed E-state index contributed by atoms with van der Waals surface area (Å²) >= 11 is 0. The first-order chi connectivity index (χ1) is 11.1. The Bertz CT molecular complexity index is 868. The highest BCUT2D eigenvalue weighted by Gasteiger charge is 2.27. The van der Waals surface area contributed by atoms with E-state index in [9.17, 15) is 8.42 Å². The summed E-state index contributed by atoms with van der Waals surface area (Å²) < 4.78 is 27.8. The molecule has 1 fully saturated rings. The van der Waals surface area contributed by atoms with Gasteiger partial charge in [0.15, 0.2) is 0 Å². The fourth-order valence-corrected chi connectivity index (χ4v) is 4.56. The lowest BCUT2D eigenvalue weighted by molar-refractivity contribution is 0.432. The Morgan fingerprint density at radius 3 is 2.91 bits per heavy atom. The fraction of sp³-hybridized carbons (Fsp3) is 0.353. The summed E-state index contributed by atoms with van der Waals surface area (Å²) in [6.07, 6.45) is 4.12. The summed E-state index contributed by atoms with van der Waals surface area (Å²) in [4.78, 5) is 4.48. The Kier molecular flexibility index (Phi) is 4.62. The summed E-state index contributed by atoms with van der Waals surface area (Å²) in [5, 5.41) is 4.68. The molecule has 0 bridgehead atoms. The molecular weight excluding hydrogens is 310 g/mol. The van der Waals surface area contributed by atoms with Crippen molar-refractivity contribution in [1.82, 2.24) is 14.6 Å². The second-order valence-corrected chi connectivity index (χ2v) is 7.33. The van der Waals surface area contributed by atoms with Gasteiger partial charge < -0.3 is 5.32 Å². The lowest BCUT2D eigenvalue weighted by atomic mass is 10.1. The Labute approximate surface area is 136 Å². The summed E-state index contributed by atoms with van der Waals surface area (Å²) in [5.74, 6) is 5.81.